The lowest BCUT2D eigenvalue weighted by Gasteiger charge is -2.31. The monoisotopic (exact) mass is 223 g/mol. The SMILES string of the molecule is NCC1CCCCC1c1ccc(Cl)cc1. The summed E-state index contributed by atoms with van der Waals surface area (Å²) in [5.74, 6) is 1.32. The Morgan fingerprint density at radius 3 is 2.47 bits per heavy atom. The lowest BCUT2D eigenvalue weighted by Crippen LogP contribution is -2.25. The minimum Gasteiger partial charge on any atom is -0.330 e. The smallest absolute Gasteiger partial charge is 0.0406 e. The molecule has 0 aromatic heterocycles. The number of hydrogen-bond acceptors (Lipinski definition) is 1. The van der Waals surface area contributed by atoms with Crippen molar-refractivity contribution in [3.63, 3.8) is 0 Å². The lowest BCUT2D eigenvalue weighted by atomic mass is 9.75. The van der Waals surface area contributed by atoms with Crippen LogP contribution in [0.3, 0.4) is 0 Å². The summed E-state index contributed by atoms with van der Waals surface area (Å²) in [6, 6.07) is 8.28. The van der Waals surface area contributed by atoms with Crippen molar-refractivity contribution in [2.75, 3.05) is 6.54 Å². The van der Waals surface area contributed by atoms with Crippen LogP contribution in [-0.2, 0) is 0 Å². The first kappa shape index (κ1) is 11.0. The van der Waals surface area contributed by atoms with Gasteiger partial charge in [-0.25, -0.2) is 0 Å². The molecule has 2 atom stereocenters. The average Bonchev–Trinajstić information content (AvgIpc) is 2.30. The third-order valence-electron chi connectivity index (χ3n) is 3.51. The maximum absolute atomic E-state index is 5.90. The first-order chi connectivity index (χ1) is 7.31. The molecule has 0 amide bonds. The predicted octanol–water partition coefficient (Wildman–Crippen LogP) is 3.57. The third kappa shape index (κ3) is 2.53. The molecule has 1 nitrogen and oxygen atoms in total. The Bertz CT molecular complexity index is 307. The fraction of sp³-hybridized carbons (Fsp3) is 0.538. The van der Waals surface area contributed by atoms with Crippen molar-refractivity contribution in [3.8, 4) is 0 Å². The van der Waals surface area contributed by atoms with E-state index in [1.807, 2.05) is 12.1 Å². The molecule has 1 aliphatic carbocycles. The Balaban J connectivity index is 2.16. The molecule has 0 bridgehead atoms. The van der Waals surface area contributed by atoms with Crippen LogP contribution in [0.25, 0.3) is 0 Å². The van der Waals surface area contributed by atoms with Gasteiger partial charge in [0.25, 0.3) is 0 Å². The van der Waals surface area contributed by atoms with Crippen LogP contribution in [0.1, 0.15) is 37.2 Å². The molecule has 2 unspecified atom stereocenters. The molecule has 0 aliphatic heterocycles. The molecule has 1 aliphatic rings. The van der Waals surface area contributed by atoms with Crippen molar-refractivity contribution in [1.82, 2.24) is 0 Å². The Morgan fingerprint density at radius 1 is 1.13 bits per heavy atom. The van der Waals surface area contributed by atoms with Crippen LogP contribution in [-0.4, -0.2) is 6.54 Å². The summed E-state index contributed by atoms with van der Waals surface area (Å²) in [7, 11) is 0. The molecule has 2 N–H and O–H groups in total. The van der Waals surface area contributed by atoms with Gasteiger partial charge in [-0.15, -0.1) is 0 Å². The van der Waals surface area contributed by atoms with Gasteiger partial charge >= 0.3 is 0 Å². The van der Waals surface area contributed by atoms with Crippen LogP contribution in [0.15, 0.2) is 24.3 Å². The maximum Gasteiger partial charge on any atom is 0.0406 e. The highest BCUT2D eigenvalue weighted by Gasteiger charge is 2.24. The summed E-state index contributed by atoms with van der Waals surface area (Å²) >= 11 is 5.90. The highest BCUT2D eigenvalue weighted by Crippen LogP contribution is 2.37. The maximum atomic E-state index is 5.90. The van der Waals surface area contributed by atoms with Gasteiger partial charge in [0.05, 0.1) is 0 Å². The first-order valence-electron chi connectivity index (χ1n) is 5.77. The molecule has 1 fully saturated rings. The van der Waals surface area contributed by atoms with Crippen molar-refractivity contribution in [3.05, 3.63) is 34.9 Å². The summed E-state index contributed by atoms with van der Waals surface area (Å²) in [6.07, 6.45) is 5.24. The fourth-order valence-corrected chi connectivity index (χ4v) is 2.76. The fourth-order valence-electron chi connectivity index (χ4n) is 2.64. The molecule has 0 spiro atoms. The van der Waals surface area contributed by atoms with Crippen LogP contribution in [0, 0.1) is 5.92 Å². The highest BCUT2D eigenvalue weighted by atomic mass is 35.5. The second-order valence-electron chi connectivity index (χ2n) is 4.44. The Labute approximate surface area is 96.6 Å². The van der Waals surface area contributed by atoms with E-state index < -0.39 is 0 Å². The second-order valence-corrected chi connectivity index (χ2v) is 4.87. The second kappa shape index (κ2) is 5.00. The van der Waals surface area contributed by atoms with Crippen molar-refractivity contribution in [1.29, 1.82) is 0 Å². The Kier molecular flexibility index (Phi) is 3.66. The zero-order chi connectivity index (χ0) is 10.7. The Morgan fingerprint density at radius 2 is 1.80 bits per heavy atom. The number of nitrogens with two attached hydrogens (primary N) is 1. The minimum absolute atomic E-state index is 0.654. The summed E-state index contributed by atoms with van der Waals surface area (Å²) in [5, 5.41) is 0.818. The lowest BCUT2D eigenvalue weighted by molar-refractivity contribution is 0.314. The van der Waals surface area contributed by atoms with Gasteiger partial charge in [0.1, 0.15) is 0 Å². The average molecular weight is 224 g/mol. The van der Waals surface area contributed by atoms with Crippen molar-refractivity contribution in [2.45, 2.75) is 31.6 Å². The molecule has 2 rings (SSSR count). The van der Waals surface area contributed by atoms with Crippen LogP contribution in [0.2, 0.25) is 5.02 Å². The largest absolute Gasteiger partial charge is 0.330 e. The van der Waals surface area contributed by atoms with Crippen molar-refractivity contribution < 1.29 is 0 Å². The van der Waals surface area contributed by atoms with Crippen molar-refractivity contribution >= 4 is 11.6 Å². The van der Waals surface area contributed by atoms with Gasteiger partial charge in [0.15, 0.2) is 0 Å². The number of halogens is 1. The van der Waals surface area contributed by atoms with Gasteiger partial charge in [0.2, 0.25) is 0 Å². The van der Waals surface area contributed by atoms with E-state index in [1.54, 1.807) is 0 Å². The predicted molar refractivity (Wildman–Crippen MR) is 65.2 cm³/mol. The third-order valence-corrected chi connectivity index (χ3v) is 3.76. The zero-order valence-electron chi connectivity index (χ0n) is 8.95. The highest BCUT2D eigenvalue weighted by molar-refractivity contribution is 6.30. The topological polar surface area (TPSA) is 26.0 Å². The molecule has 1 aromatic carbocycles. The van der Waals surface area contributed by atoms with Gasteiger partial charge in [-0.1, -0.05) is 36.6 Å². The summed E-state index contributed by atoms with van der Waals surface area (Å²) in [6.45, 7) is 0.813. The van der Waals surface area contributed by atoms with Gasteiger partial charge in [-0.3, -0.25) is 0 Å². The summed E-state index contributed by atoms with van der Waals surface area (Å²) in [5.41, 5.74) is 7.25. The Hall–Kier alpha value is -0.530. The van der Waals surface area contributed by atoms with E-state index in [9.17, 15) is 0 Å². The normalized spacial score (nSPS) is 26.5. The summed E-state index contributed by atoms with van der Waals surface area (Å²) < 4.78 is 0. The van der Waals surface area contributed by atoms with Crippen molar-refractivity contribution in [2.24, 2.45) is 11.7 Å². The standard InChI is InChI=1S/C13H18ClN/c14-12-7-5-10(6-8-12)13-4-2-1-3-11(13)9-15/h5-8,11,13H,1-4,9,15H2. The zero-order valence-corrected chi connectivity index (χ0v) is 9.71. The molecule has 1 aromatic rings. The molecule has 0 heterocycles. The van der Waals surface area contributed by atoms with Gasteiger partial charge in [0, 0.05) is 5.02 Å². The minimum atomic E-state index is 0.654. The van der Waals surface area contributed by atoms with E-state index >= 15 is 0 Å². The van der Waals surface area contributed by atoms with Crippen LogP contribution >= 0.6 is 11.6 Å². The molecule has 0 saturated heterocycles. The van der Waals surface area contributed by atoms with E-state index in [0.717, 1.165) is 11.6 Å². The first-order valence-corrected chi connectivity index (χ1v) is 6.14. The van der Waals surface area contributed by atoms with Gasteiger partial charge in [-0.05, 0) is 48.9 Å². The molecule has 82 valence electrons. The van der Waals surface area contributed by atoms with E-state index in [4.69, 9.17) is 17.3 Å². The molecule has 15 heavy (non-hydrogen) atoms. The molecule has 2 heteroatoms. The quantitative estimate of drug-likeness (QED) is 0.815. The molecular weight excluding hydrogens is 206 g/mol. The van der Waals surface area contributed by atoms with Gasteiger partial charge < -0.3 is 5.73 Å². The van der Waals surface area contributed by atoms with Crippen LogP contribution in [0.5, 0.6) is 0 Å². The number of benzene rings is 1. The number of rotatable bonds is 2. The molecular formula is C13H18ClN. The number of hydrogen-bond donors (Lipinski definition) is 1. The van der Waals surface area contributed by atoms with E-state index in [0.29, 0.717) is 11.8 Å². The van der Waals surface area contributed by atoms with E-state index in [1.165, 1.54) is 31.2 Å². The van der Waals surface area contributed by atoms with Gasteiger partial charge in [-0.2, -0.15) is 0 Å². The summed E-state index contributed by atoms with van der Waals surface area (Å²) in [4.78, 5) is 0. The molecule has 1 saturated carbocycles. The van der Waals surface area contributed by atoms with Crippen LogP contribution in [0.4, 0.5) is 0 Å². The molecule has 0 radical (unpaired) electrons. The van der Waals surface area contributed by atoms with E-state index in [-0.39, 0.29) is 0 Å². The van der Waals surface area contributed by atoms with E-state index in [2.05, 4.69) is 12.1 Å². The van der Waals surface area contributed by atoms with Crippen LogP contribution < -0.4 is 5.73 Å².